The van der Waals surface area contributed by atoms with E-state index in [-0.39, 0.29) is 5.78 Å². The van der Waals surface area contributed by atoms with Gasteiger partial charge in [-0.1, -0.05) is 26.8 Å². The highest BCUT2D eigenvalue weighted by molar-refractivity contribution is 6.11. The molecule has 3 aromatic rings. The molecule has 4 nitrogen and oxygen atoms in total. The summed E-state index contributed by atoms with van der Waals surface area (Å²) < 4.78 is 5.49. The number of aromatic nitrogens is 1. The molecule has 0 saturated heterocycles. The molecule has 0 atom stereocenters. The fraction of sp³-hybridized carbons (Fsp3) is 0.370. The molecule has 0 amide bonds. The molecule has 0 radical (unpaired) electrons. The van der Waals surface area contributed by atoms with Crippen LogP contribution in [0.3, 0.4) is 0 Å². The van der Waals surface area contributed by atoms with Crippen LogP contribution in [0.2, 0.25) is 0 Å². The SMILES string of the molecule is CCOc1ccc(C(=O)c2ccc3[nH]cc(C4=CCN(CC(C)(C)C)CC4)c3c2)cc1. The van der Waals surface area contributed by atoms with E-state index < -0.39 is 0 Å². The number of ketones is 1. The Labute approximate surface area is 184 Å². The number of hydrogen-bond donors (Lipinski definition) is 1. The van der Waals surface area contributed by atoms with Crippen molar-refractivity contribution in [2.75, 3.05) is 26.2 Å². The van der Waals surface area contributed by atoms with Crippen LogP contribution in [0.4, 0.5) is 0 Å². The first-order valence-corrected chi connectivity index (χ1v) is 11.1. The molecule has 0 fully saturated rings. The first-order valence-electron chi connectivity index (χ1n) is 11.1. The number of carbonyl (C=O) groups excluding carboxylic acids is 1. The van der Waals surface area contributed by atoms with Crippen molar-refractivity contribution in [3.05, 3.63) is 71.4 Å². The van der Waals surface area contributed by atoms with Crippen LogP contribution in [0.1, 0.15) is 55.6 Å². The Hall–Kier alpha value is -2.85. The molecule has 0 bridgehead atoms. The van der Waals surface area contributed by atoms with E-state index >= 15 is 0 Å². The molecule has 31 heavy (non-hydrogen) atoms. The number of benzene rings is 2. The highest BCUT2D eigenvalue weighted by Crippen LogP contribution is 2.31. The number of hydrogen-bond acceptors (Lipinski definition) is 3. The van der Waals surface area contributed by atoms with Crippen molar-refractivity contribution >= 4 is 22.3 Å². The van der Waals surface area contributed by atoms with E-state index in [9.17, 15) is 4.79 Å². The summed E-state index contributed by atoms with van der Waals surface area (Å²) in [4.78, 5) is 19.0. The topological polar surface area (TPSA) is 45.3 Å². The summed E-state index contributed by atoms with van der Waals surface area (Å²) in [5.41, 5.74) is 5.34. The van der Waals surface area contributed by atoms with Gasteiger partial charge in [-0.15, -0.1) is 0 Å². The summed E-state index contributed by atoms with van der Waals surface area (Å²) in [7, 11) is 0. The Bertz CT molecular complexity index is 1100. The van der Waals surface area contributed by atoms with Crippen LogP contribution < -0.4 is 4.74 Å². The average molecular weight is 417 g/mol. The van der Waals surface area contributed by atoms with Crippen LogP contribution in [0.5, 0.6) is 5.75 Å². The normalized spacial score (nSPS) is 15.2. The minimum Gasteiger partial charge on any atom is -0.494 e. The largest absolute Gasteiger partial charge is 0.494 e. The minimum absolute atomic E-state index is 0.0334. The van der Waals surface area contributed by atoms with Gasteiger partial charge in [0.05, 0.1) is 6.61 Å². The van der Waals surface area contributed by atoms with E-state index in [2.05, 4.69) is 42.9 Å². The van der Waals surface area contributed by atoms with E-state index in [1.54, 1.807) is 0 Å². The van der Waals surface area contributed by atoms with Crippen LogP contribution in [-0.4, -0.2) is 41.9 Å². The first-order chi connectivity index (χ1) is 14.8. The summed E-state index contributed by atoms with van der Waals surface area (Å²) in [6.07, 6.45) is 5.46. The van der Waals surface area contributed by atoms with Crippen molar-refractivity contribution in [2.45, 2.75) is 34.1 Å². The highest BCUT2D eigenvalue weighted by Gasteiger charge is 2.20. The van der Waals surface area contributed by atoms with Crippen molar-refractivity contribution in [3.8, 4) is 5.75 Å². The van der Waals surface area contributed by atoms with Crippen molar-refractivity contribution in [1.29, 1.82) is 0 Å². The summed E-state index contributed by atoms with van der Waals surface area (Å²) in [5, 5.41) is 1.12. The molecule has 0 saturated carbocycles. The summed E-state index contributed by atoms with van der Waals surface area (Å²) in [6.45, 7) is 12.6. The van der Waals surface area contributed by atoms with Gasteiger partial charge in [0.25, 0.3) is 0 Å². The predicted molar refractivity (Wildman–Crippen MR) is 128 cm³/mol. The third-order valence-corrected chi connectivity index (χ3v) is 5.71. The zero-order chi connectivity index (χ0) is 22.0. The monoisotopic (exact) mass is 416 g/mol. The van der Waals surface area contributed by atoms with Crippen LogP contribution >= 0.6 is 0 Å². The molecule has 0 unspecified atom stereocenters. The Morgan fingerprint density at radius 3 is 2.48 bits per heavy atom. The second-order valence-electron chi connectivity index (χ2n) is 9.52. The summed E-state index contributed by atoms with van der Waals surface area (Å²) in [6, 6.07) is 13.3. The molecule has 0 aliphatic carbocycles. The van der Waals surface area contributed by atoms with Crippen LogP contribution in [-0.2, 0) is 0 Å². The zero-order valence-electron chi connectivity index (χ0n) is 19.0. The van der Waals surface area contributed by atoms with Crippen LogP contribution in [0.25, 0.3) is 16.5 Å². The Kier molecular flexibility index (Phi) is 6.01. The number of nitrogens with one attached hydrogen (secondary N) is 1. The smallest absolute Gasteiger partial charge is 0.193 e. The van der Waals surface area contributed by atoms with Gasteiger partial charge in [0, 0.05) is 53.4 Å². The molecule has 1 aromatic heterocycles. The van der Waals surface area contributed by atoms with E-state index in [0.29, 0.717) is 23.1 Å². The lowest BCUT2D eigenvalue weighted by molar-refractivity contribution is 0.103. The fourth-order valence-corrected chi connectivity index (χ4v) is 4.33. The second-order valence-corrected chi connectivity index (χ2v) is 9.52. The number of nitrogens with zero attached hydrogens (tertiary/aromatic N) is 1. The molecule has 162 valence electrons. The molecular formula is C27H32N2O2. The molecule has 0 spiro atoms. The molecule has 1 aliphatic heterocycles. The lowest BCUT2D eigenvalue weighted by atomic mass is 9.93. The van der Waals surface area contributed by atoms with Gasteiger partial charge in [0.15, 0.2) is 5.78 Å². The van der Waals surface area contributed by atoms with Crippen molar-refractivity contribution in [1.82, 2.24) is 9.88 Å². The molecule has 2 aromatic carbocycles. The fourth-order valence-electron chi connectivity index (χ4n) is 4.33. The van der Waals surface area contributed by atoms with Gasteiger partial charge in [-0.2, -0.15) is 0 Å². The van der Waals surface area contributed by atoms with Gasteiger partial charge >= 0.3 is 0 Å². The average Bonchev–Trinajstić information content (AvgIpc) is 3.17. The van der Waals surface area contributed by atoms with Gasteiger partial charge in [-0.3, -0.25) is 9.69 Å². The maximum Gasteiger partial charge on any atom is 0.193 e. The van der Waals surface area contributed by atoms with E-state index in [0.717, 1.165) is 42.7 Å². The lowest BCUT2D eigenvalue weighted by Gasteiger charge is -2.32. The molecule has 2 heterocycles. The van der Waals surface area contributed by atoms with Crippen LogP contribution in [0.15, 0.2) is 54.7 Å². The maximum absolute atomic E-state index is 13.1. The van der Waals surface area contributed by atoms with Gasteiger partial charge < -0.3 is 9.72 Å². The maximum atomic E-state index is 13.1. The minimum atomic E-state index is 0.0334. The van der Waals surface area contributed by atoms with Crippen molar-refractivity contribution in [2.24, 2.45) is 5.41 Å². The number of carbonyl (C=O) groups is 1. The number of ether oxygens (including phenoxy) is 1. The zero-order valence-corrected chi connectivity index (χ0v) is 19.0. The number of rotatable bonds is 6. The van der Waals surface area contributed by atoms with E-state index in [1.807, 2.05) is 49.4 Å². The highest BCUT2D eigenvalue weighted by atomic mass is 16.5. The Balaban J connectivity index is 1.57. The second kappa shape index (κ2) is 8.72. The first kappa shape index (κ1) is 21.4. The molecular weight excluding hydrogens is 384 g/mol. The standard InChI is InChI=1S/C27H32N2O2/c1-5-31-22-9-6-20(7-10-22)26(30)21-8-11-25-23(16-21)24(17-28-25)19-12-14-29(15-13-19)18-27(2,3)4/h6-12,16-17,28H,5,13-15,18H2,1-4H3. The third kappa shape index (κ3) is 4.91. The predicted octanol–water partition coefficient (Wildman–Crippen LogP) is 5.93. The number of H-pyrrole nitrogens is 1. The van der Waals surface area contributed by atoms with Crippen molar-refractivity contribution < 1.29 is 9.53 Å². The Morgan fingerprint density at radius 1 is 1.10 bits per heavy atom. The summed E-state index contributed by atoms with van der Waals surface area (Å²) in [5.74, 6) is 0.818. The van der Waals surface area contributed by atoms with Gasteiger partial charge in [0.2, 0.25) is 0 Å². The molecule has 4 heteroatoms. The van der Waals surface area contributed by atoms with Crippen molar-refractivity contribution in [3.63, 3.8) is 0 Å². The van der Waals surface area contributed by atoms with Crippen LogP contribution in [0, 0.1) is 5.41 Å². The summed E-state index contributed by atoms with van der Waals surface area (Å²) >= 11 is 0. The quantitative estimate of drug-likeness (QED) is 0.506. The van der Waals surface area contributed by atoms with Gasteiger partial charge in [-0.25, -0.2) is 0 Å². The van der Waals surface area contributed by atoms with Gasteiger partial charge in [-0.05, 0) is 66.8 Å². The third-order valence-electron chi connectivity index (χ3n) is 5.71. The number of fused-ring (bicyclic) bond motifs is 1. The van der Waals surface area contributed by atoms with Gasteiger partial charge in [0.1, 0.15) is 5.75 Å². The van der Waals surface area contributed by atoms with E-state index in [1.165, 1.54) is 11.1 Å². The Morgan fingerprint density at radius 2 is 1.84 bits per heavy atom. The molecule has 1 N–H and O–H groups in total. The lowest BCUT2D eigenvalue weighted by Crippen LogP contribution is -2.35. The molecule has 4 rings (SSSR count). The van der Waals surface area contributed by atoms with E-state index in [4.69, 9.17) is 4.74 Å². The number of aromatic amines is 1. The molecule has 1 aliphatic rings.